The zero-order valence-corrected chi connectivity index (χ0v) is 13.9. The van der Waals surface area contributed by atoms with Crippen LogP contribution in [0.15, 0.2) is 22.5 Å². The number of hydrogen-bond acceptors (Lipinski definition) is 3. The van der Waals surface area contributed by atoms with Crippen molar-refractivity contribution in [1.29, 1.82) is 0 Å². The Hall–Kier alpha value is -1.07. The highest BCUT2D eigenvalue weighted by molar-refractivity contribution is 7.09. The number of nitrogens with one attached hydrogen (secondary N) is 1. The maximum Gasteiger partial charge on any atom is 0.188 e. The molecule has 0 radical (unpaired) electrons. The van der Waals surface area contributed by atoms with Gasteiger partial charge in [0.05, 0.1) is 6.54 Å². The Balaban J connectivity index is 2.23. The first-order valence-corrected chi connectivity index (χ1v) is 8.20. The third kappa shape index (κ3) is 6.39. The molecule has 0 fully saturated rings. The maximum absolute atomic E-state index is 5.88. The molecule has 4 nitrogen and oxygen atoms in total. The van der Waals surface area contributed by atoms with Crippen LogP contribution in [0.25, 0.3) is 0 Å². The molecule has 3 N–H and O–H groups in total. The standard InChI is InChI=1S/C15H28N4S/c1-12(2)19(13(3)4)10-9-18-15(16)17-8-7-14-6-5-11-20-14/h5-6,11-13H,7-10H2,1-4H3,(H3,16,17,18). The van der Waals surface area contributed by atoms with Crippen molar-refractivity contribution in [3.8, 4) is 0 Å². The Labute approximate surface area is 127 Å². The van der Waals surface area contributed by atoms with Gasteiger partial charge in [-0.25, -0.2) is 0 Å². The monoisotopic (exact) mass is 296 g/mol. The first-order chi connectivity index (χ1) is 9.50. The number of guanidine groups is 1. The van der Waals surface area contributed by atoms with Crippen LogP contribution in [0.4, 0.5) is 0 Å². The van der Waals surface area contributed by atoms with E-state index < -0.39 is 0 Å². The van der Waals surface area contributed by atoms with Gasteiger partial charge in [0.1, 0.15) is 0 Å². The van der Waals surface area contributed by atoms with Gasteiger partial charge < -0.3 is 11.1 Å². The van der Waals surface area contributed by atoms with Crippen LogP contribution in [0.2, 0.25) is 0 Å². The predicted octanol–water partition coefficient (Wildman–Crippen LogP) is 2.31. The van der Waals surface area contributed by atoms with E-state index in [2.05, 4.69) is 60.4 Å². The average Bonchev–Trinajstić information content (AvgIpc) is 2.86. The van der Waals surface area contributed by atoms with Crippen LogP contribution in [0.1, 0.15) is 32.6 Å². The smallest absolute Gasteiger partial charge is 0.188 e. The lowest BCUT2D eigenvalue weighted by atomic mass is 10.2. The summed E-state index contributed by atoms with van der Waals surface area (Å²) in [5.41, 5.74) is 5.88. The third-order valence-corrected chi connectivity index (χ3v) is 4.16. The minimum absolute atomic E-state index is 0.540. The van der Waals surface area contributed by atoms with Gasteiger partial charge in [0.25, 0.3) is 0 Å². The summed E-state index contributed by atoms with van der Waals surface area (Å²) >= 11 is 1.78. The van der Waals surface area contributed by atoms with Crippen LogP contribution in [-0.2, 0) is 6.42 Å². The molecule has 5 heteroatoms. The molecular weight excluding hydrogens is 268 g/mol. The molecule has 0 atom stereocenters. The molecule has 0 amide bonds. The van der Waals surface area contributed by atoms with E-state index in [1.54, 1.807) is 11.3 Å². The van der Waals surface area contributed by atoms with Gasteiger partial charge in [-0.3, -0.25) is 9.89 Å². The molecule has 0 unspecified atom stereocenters. The summed E-state index contributed by atoms with van der Waals surface area (Å²) in [6.45, 7) is 11.4. The highest BCUT2D eigenvalue weighted by Crippen LogP contribution is 2.08. The zero-order chi connectivity index (χ0) is 15.0. The summed E-state index contributed by atoms with van der Waals surface area (Å²) in [6, 6.07) is 5.29. The molecule has 114 valence electrons. The van der Waals surface area contributed by atoms with Crippen molar-refractivity contribution in [3.05, 3.63) is 22.4 Å². The first-order valence-electron chi connectivity index (χ1n) is 7.32. The van der Waals surface area contributed by atoms with Gasteiger partial charge >= 0.3 is 0 Å². The van der Waals surface area contributed by atoms with Gasteiger partial charge in [-0.1, -0.05) is 6.07 Å². The summed E-state index contributed by atoms with van der Waals surface area (Å²) in [6.07, 6.45) is 0.998. The van der Waals surface area contributed by atoms with Crippen molar-refractivity contribution < 1.29 is 0 Å². The van der Waals surface area contributed by atoms with E-state index >= 15 is 0 Å². The van der Waals surface area contributed by atoms with Gasteiger partial charge in [-0.05, 0) is 45.6 Å². The maximum atomic E-state index is 5.88. The molecule has 0 saturated heterocycles. The Kier molecular flexibility index (Phi) is 7.62. The van der Waals surface area contributed by atoms with Crippen molar-refractivity contribution >= 4 is 17.3 Å². The number of thiophene rings is 1. The summed E-state index contributed by atoms with van der Waals surface area (Å²) in [5.74, 6) is 0.550. The molecule has 0 saturated carbocycles. The fourth-order valence-corrected chi connectivity index (χ4v) is 2.93. The molecule has 0 bridgehead atoms. The topological polar surface area (TPSA) is 53.6 Å². The van der Waals surface area contributed by atoms with E-state index in [-0.39, 0.29) is 0 Å². The van der Waals surface area contributed by atoms with E-state index in [1.165, 1.54) is 4.88 Å². The van der Waals surface area contributed by atoms with Crippen LogP contribution in [0.3, 0.4) is 0 Å². The number of nitrogens with two attached hydrogens (primary N) is 1. The second kappa shape index (κ2) is 8.97. The molecule has 0 aliphatic carbocycles. The third-order valence-electron chi connectivity index (χ3n) is 3.22. The quantitative estimate of drug-likeness (QED) is 0.572. The number of hydrogen-bond donors (Lipinski definition) is 2. The molecule has 1 aromatic heterocycles. The van der Waals surface area contributed by atoms with E-state index in [4.69, 9.17) is 5.73 Å². The van der Waals surface area contributed by atoms with Crippen LogP contribution in [-0.4, -0.2) is 42.6 Å². The first kappa shape index (κ1) is 17.0. The zero-order valence-electron chi connectivity index (χ0n) is 13.1. The minimum Gasteiger partial charge on any atom is -0.370 e. The summed E-state index contributed by atoms with van der Waals surface area (Å²) in [4.78, 5) is 8.18. The van der Waals surface area contributed by atoms with E-state index in [1.807, 2.05) is 0 Å². The van der Waals surface area contributed by atoms with Crippen LogP contribution in [0, 0.1) is 0 Å². The van der Waals surface area contributed by atoms with Crippen molar-refractivity contribution in [2.24, 2.45) is 10.7 Å². The Morgan fingerprint density at radius 2 is 2.05 bits per heavy atom. The van der Waals surface area contributed by atoms with Gasteiger partial charge in [0.2, 0.25) is 0 Å². The van der Waals surface area contributed by atoms with Gasteiger partial charge in [-0.15, -0.1) is 11.3 Å². The fourth-order valence-electron chi connectivity index (χ4n) is 2.22. The number of rotatable bonds is 8. The Morgan fingerprint density at radius 3 is 2.60 bits per heavy atom. The predicted molar refractivity (Wildman–Crippen MR) is 89.5 cm³/mol. The summed E-state index contributed by atoms with van der Waals surface area (Å²) in [7, 11) is 0. The number of aliphatic imine (C=N–C) groups is 1. The fraction of sp³-hybridized carbons (Fsp3) is 0.667. The molecule has 1 rings (SSSR count). The highest BCUT2D eigenvalue weighted by Gasteiger charge is 2.11. The largest absolute Gasteiger partial charge is 0.370 e. The van der Waals surface area contributed by atoms with E-state index in [0.29, 0.717) is 18.0 Å². The highest BCUT2D eigenvalue weighted by atomic mass is 32.1. The molecule has 0 aliphatic heterocycles. The second-order valence-electron chi connectivity index (χ2n) is 5.45. The van der Waals surface area contributed by atoms with Crippen LogP contribution < -0.4 is 11.1 Å². The van der Waals surface area contributed by atoms with Crippen molar-refractivity contribution in [3.63, 3.8) is 0 Å². The lowest BCUT2D eigenvalue weighted by Crippen LogP contribution is -2.39. The normalized spacial score (nSPS) is 12.7. The second-order valence-corrected chi connectivity index (χ2v) is 6.48. The summed E-state index contributed by atoms with van der Waals surface area (Å²) in [5, 5.41) is 5.27. The lowest BCUT2D eigenvalue weighted by Gasteiger charge is -2.29. The van der Waals surface area contributed by atoms with Gasteiger partial charge in [0, 0.05) is 30.1 Å². The molecule has 1 aromatic rings. The van der Waals surface area contributed by atoms with Crippen LogP contribution >= 0.6 is 11.3 Å². The van der Waals surface area contributed by atoms with Gasteiger partial charge in [0.15, 0.2) is 5.96 Å². The van der Waals surface area contributed by atoms with E-state index in [9.17, 15) is 0 Å². The number of nitrogens with zero attached hydrogens (tertiary/aromatic N) is 2. The van der Waals surface area contributed by atoms with Crippen molar-refractivity contribution in [1.82, 2.24) is 10.2 Å². The van der Waals surface area contributed by atoms with Crippen LogP contribution in [0.5, 0.6) is 0 Å². The minimum atomic E-state index is 0.540. The van der Waals surface area contributed by atoms with Gasteiger partial charge in [-0.2, -0.15) is 0 Å². The van der Waals surface area contributed by atoms with Crippen molar-refractivity contribution in [2.45, 2.75) is 46.2 Å². The Morgan fingerprint density at radius 1 is 1.35 bits per heavy atom. The molecule has 0 aliphatic rings. The molecule has 0 spiro atoms. The molecule has 1 heterocycles. The van der Waals surface area contributed by atoms with E-state index in [0.717, 1.165) is 26.1 Å². The molecule has 0 aromatic carbocycles. The average molecular weight is 296 g/mol. The Bertz CT molecular complexity index is 377. The molecular formula is C15H28N4S. The lowest BCUT2D eigenvalue weighted by molar-refractivity contribution is 0.181. The molecule has 20 heavy (non-hydrogen) atoms. The van der Waals surface area contributed by atoms with Crippen molar-refractivity contribution in [2.75, 3.05) is 19.6 Å². The SMILES string of the molecule is CC(C)N(CCN=C(N)NCCc1cccs1)C(C)C. The summed E-state index contributed by atoms with van der Waals surface area (Å²) < 4.78 is 0.